The van der Waals surface area contributed by atoms with E-state index in [1.807, 2.05) is 6.07 Å². The van der Waals surface area contributed by atoms with Crippen LogP contribution >= 0.6 is 0 Å². The molecule has 5 heteroatoms. The molecule has 5 nitrogen and oxygen atoms in total. The molecule has 0 fully saturated rings. The van der Waals surface area contributed by atoms with Gasteiger partial charge in [-0.3, -0.25) is 0 Å². The van der Waals surface area contributed by atoms with Crippen molar-refractivity contribution in [1.29, 1.82) is 0 Å². The highest BCUT2D eigenvalue weighted by Gasteiger charge is 2.21. The van der Waals surface area contributed by atoms with Gasteiger partial charge in [0, 0.05) is 6.07 Å². The summed E-state index contributed by atoms with van der Waals surface area (Å²) in [7, 11) is 0. The predicted molar refractivity (Wildman–Crippen MR) is 62.6 cm³/mol. The molecule has 0 aliphatic heterocycles. The van der Waals surface area contributed by atoms with Gasteiger partial charge in [-0.05, 0) is 36.5 Å². The summed E-state index contributed by atoms with van der Waals surface area (Å²) < 4.78 is 4.96. The standard InChI is InChI=1S/C13H11NO4/c15-12-8-3-1-2-7(8)4-5-9(12)11-6-10(13(16)17)14-18-11/h4-6,15H,1-3H2,(H,16,17). The molecule has 2 N–H and O–H groups in total. The van der Waals surface area contributed by atoms with Gasteiger partial charge in [-0.2, -0.15) is 0 Å². The Morgan fingerprint density at radius 2 is 2.17 bits per heavy atom. The zero-order valence-electron chi connectivity index (χ0n) is 9.51. The fourth-order valence-electron chi connectivity index (χ4n) is 2.35. The topological polar surface area (TPSA) is 83.6 Å². The van der Waals surface area contributed by atoms with Crippen LogP contribution in [0.15, 0.2) is 22.7 Å². The molecule has 0 bridgehead atoms. The third-order valence-corrected chi connectivity index (χ3v) is 3.25. The highest BCUT2D eigenvalue weighted by Crippen LogP contribution is 2.38. The van der Waals surface area contributed by atoms with Crippen LogP contribution in [0.1, 0.15) is 28.0 Å². The number of hydrogen-bond donors (Lipinski definition) is 2. The first-order valence-corrected chi connectivity index (χ1v) is 5.71. The van der Waals surface area contributed by atoms with E-state index in [2.05, 4.69) is 5.16 Å². The Hall–Kier alpha value is -2.30. The molecule has 18 heavy (non-hydrogen) atoms. The van der Waals surface area contributed by atoms with Gasteiger partial charge >= 0.3 is 5.97 Å². The van der Waals surface area contributed by atoms with Gasteiger partial charge in [0.15, 0.2) is 11.5 Å². The van der Waals surface area contributed by atoms with Gasteiger partial charge in [-0.15, -0.1) is 0 Å². The molecule has 0 unspecified atom stereocenters. The Morgan fingerprint density at radius 3 is 2.89 bits per heavy atom. The number of fused-ring (bicyclic) bond motifs is 1. The Morgan fingerprint density at radius 1 is 1.33 bits per heavy atom. The highest BCUT2D eigenvalue weighted by atomic mass is 16.5. The lowest BCUT2D eigenvalue weighted by molar-refractivity contribution is 0.0686. The van der Waals surface area contributed by atoms with Gasteiger partial charge in [-0.1, -0.05) is 11.2 Å². The van der Waals surface area contributed by atoms with Crippen molar-refractivity contribution >= 4 is 5.97 Å². The van der Waals surface area contributed by atoms with E-state index < -0.39 is 5.97 Å². The van der Waals surface area contributed by atoms with E-state index >= 15 is 0 Å². The zero-order valence-corrected chi connectivity index (χ0v) is 9.51. The van der Waals surface area contributed by atoms with Crippen molar-refractivity contribution in [2.45, 2.75) is 19.3 Å². The number of carboxylic acids is 1. The number of phenolic OH excluding ortho intramolecular Hbond substituents is 1. The van der Waals surface area contributed by atoms with Crippen molar-refractivity contribution in [3.63, 3.8) is 0 Å². The number of aromatic hydroxyl groups is 1. The van der Waals surface area contributed by atoms with Crippen molar-refractivity contribution in [3.05, 3.63) is 35.0 Å². The van der Waals surface area contributed by atoms with E-state index in [0.717, 1.165) is 30.4 Å². The third-order valence-electron chi connectivity index (χ3n) is 3.25. The zero-order chi connectivity index (χ0) is 12.7. The molecule has 1 aliphatic rings. The quantitative estimate of drug-likeness (QED) is 0.847. The van der Waals surface area contributed by atoms with Crippen LogP contribution < -0.4 is 0 Å². The van der Waals surface area contributed by atoms with E-state index in [-0.39, 0.29) is 17.2 Å². The van der Waals surface area contributed by atoms with E-state index in [0.29, 0.717) is 5.56 Å². The minimum absolute atomic E-state index is 0.162. The van der Waals surface area contributed by atoms with Crippen LogP contribution in [0.3, 0.4) is 0 Å². The number of hydrogen-bond acceptors (Lipinski definition) is 4. The first kappa shape index (κ1) is 10.8. The van der Waals surface area contributed by atoms with Crippen LogP contribution in [0, 0.1) is 0 Å². The molecule has 2 aromatic rings. The summed E-state index contributed by atoms with van der Waals surface area (Å²) in [5, 5.41) is 22.4. The summed E-state index contributed by atoms with van der Waals surface area (Å²) in [4.78, 5) is 10.7. The second-order valence-electron chi connectivity index (χ2n) is 4.33. The SMILES string of the molecule is O=C(O)c1cc(-c2ccc3c(c2O)CCC3)on1. The van der Waals surface area contributed by atoms with E-state index in [1.54, 1.807) is 6.07 Å². The summed E-state index contributed by atoms with van der Waals surface area (Å²) >= 11 is 0. The minimum atomic E-state index is -1.15. The van der Waals surface area contributed by atoms with Crippen LogP contribution in [0.4, 0.5) is 0 Å². The van der Waals surface area contributed by atoms with Gasteiger partial charge in [0.2, 0.25) is 0 Å². The molecular weight excluding hydrogens is 234 g/mol. The molecule has 0 spiro atoms. The second-order valence-corrected chi connectivity index (χ2v) is 4.33. The maximum atomic E-state index is 10.7. The van der Waals surface area contributed by atoms with Crippen LogP contribution in [-0.4, -0.2) is 21.3 Å². The molecule has 0 saturated heterocycles. The van der Waals surface area contributed by atoms with Gasteiger partial charge < -0.3 is 14.7 Å². The molecule has 92 valence electrons. The monoisotopic (exact) mass is 245 g/mol. The predicted octanol–water partition coefficient (Wildman–Crippen LogP) is 2.23. The average Bonchev–Trinajstić information content (AvgIpc) is 2.97. The molecule has 0 saturated carbocycles. The molecule has 1 aromatic heterocycles. The normalized spacial score (nSPS) is 13.6. The average molecular weight is 245 g/mol. The van der Waals surface area contributed by atoms with Crippen molar-refractivity contribution < 1.29 is 19.5 Å². The molecule has 0 amide bonds. The molecule has 1 heterocycles. The van der Waals surface area contributed by atoms with E-state index in [1.165, 1.54) is 6.07 Å². The number of carbonyl (C=O) groups is 1. The largest absolute Gasteiger partial charge is 0.507 e. The minimum Gasteiger partial charge on any atom is -0.507 e. The van der Waals surface area contributed by atoms with Gasteiger partial charge in [0.1, 0.15) is 5.75 Å². The van der Waals surface area contributed by atoms with E-state index in [4.69, 9.17) is 9.63 Å². The number of rotatable bonds is 2. The lowest BCUT2D eigenvalue weighted by atomic mass is 10.0. The summed E-state index contributed by atoms with van der Waals surface area (Å²) in [6.07, 6.45) is 2.85. The van der Waals surface area contributed by atoms with Crippen molar-refractivity contribution in [1.82, 2.24) is 5.16 Å². The maximum absolute atomic E-state index is 10.7. The first-order chi connectivity index (χ1) is 8.66. The number of aromatic carboxylic acids is 1. The van der Waals surface area contributed by atoms with Crippen LogP contribution in [0.25, 0.3) is 11.3 Å². The number of nitrogens with zero attached hydrogens (tertiary/aromatic N) is 1. The molecular formula is C13H11NO4. The Bertz CT molecular complexity index is 630. The lowest BCUT2D eigenvalue weighted by Crippen LogP contribution is -1.94. The van der Waals surface area contributed by atoms with Crippen molar-refractivity contribution in [2.24, 2.45) is 0 Å². The Labute approximate surface area is 103 Å². The first-order valence-electron chi connectivity index (χ1n) is 5.71. The van der Waals surface area contributed by atoms with Gasteiger partial charge in [0.25, 0.3) is 0 Å². The van der Waals surface area contributed by atoms with Gasteiger partial charge in [0.05, 0.1) is 5.56 Å². The van der Waals surface area contributed by atoms with Crippen LogP contribution in [-0.2, 0) is 12.8 Å². The molecule has 0 atom stereocenters. The smallest absolute Gasteiger partial charge is 0.358 e. The summed E-state index contributed by atoms with van der Waals surface area (Å²) in [6.45, 7) is 0. The lowest BCUT2D eigenvalue weighted by Gasteiger charge is -2.06. The van der Waals surface area contributed by atoms with Gasteiger partial charge in [-0.25, -0.2) is 4.79 Å². The number of phenols is 1. The van der Waals surface area contributed by atoms with E-state index in [9.17, 15) is 9.90 Å². The van der Waals surface area contributed by atoms with Crippen molar-refractivity contribution in [2.75, 3.05) is 0 Å². The number of benzene rings is 1. The van der Waals surface area contributed by atoms with Crippen LogP contribution in [0.5, 0.6) is 5.75 Å². The Kier molecular flexibility index (Phi) is 2.33. The third kappa shape index (κ3) is 1.55. The highest BCUT2D eigenvalue weighted by molar-refractivity contribution is 5.86. The molecule has 3 rings (SSSR count). The number of aryl methyl sites for hydroxylation is 1. The second kappa shape index (κ2) is 3.87. The number of aromatic nitrogens is 1. The summed E-state index contributed by atoms with van der Waals surface area (Å²) in [5.41, 5.74) is 2.41. The van der Waals surface area contributed by atoms with Crippen LogP contribution in [0.2, 0.25) is 0 Å². The molecule has 1 aromatic carbocycles. The summed E-state index contributed by atoms with van der Waals surface area (Å²) in [5.74, 6) is -0.691. The summed E-state index contributed by atoms with van der Waals surface area (Å²) in [6, 6.07) is 5.00. The fraction of sp³-hybridized carbons (Fsp3) is 0.231. The fourth-order valence-corrected chi connectivity index (χ4v) is 2.35. The maximum Gasteiger partial charge on any atom is 0.358 e. The Balaban J connectivity index is 2.09. The number of carboxylic acid groups (broad SMARTS) is 1. The molecule has 0 radical (unpaired) electrons. The van der Waals surface area contributed by atoms with Crippen molar-refractivity contribution in [3.8, 4) is 17.1 Å². The molecule has 1 aliphatic carbocycles.